The molecular weight excluding hydrogens is 1550 g/mol. The number of hydrogen-bond acceptors (Lipinski definition) is 16. The van der Waals surface area contributed by atoms with E-state index in [0.717, 1.165) is 9.80 Å². The van der Waals surface area contributed by atoms with Crippen LogP contribution in [-0.4, -0.2) is 149 Å². The minimum absolute atomic E-state index is 0.00818. The van der Waals surface area contributed by atoms with E-state index in [2.05, 4.69) is 0 Å². The van der Waals surface area contributed by atoms with E-state index in [-0.39, 0.29) is 108 Å². The highest BCUT2D eigenvalue weighted by Crippen LogP contribution is 2.40. The van der Waals surface area contributed by atoms with Gasteiger partial charge in [0.1, 0.15) is 29.9 Å². The van der Waals surface area contributed by atoms with Gasteiger partial charge in [0, 0.05) is 74.1 Å². The summed E-state index contributed by atoms with van der Waals surface area (Å²) in [7, 11) is 0. The lowest BCUT2D eigenvalue weighted by Crippen LogP contribution is -2.41. The number of fused-ring (bicyclic) bond motifs is 4. The lowest BCUT2D eigenvalue weighted by atomic mass is 10.00. The first kappa shape index (κ1) is 42.1. The molecule has 0 aliphatic carbocycles. The van der Waals surface area contributed by atoms with Crippen molar-refractivity contribution < 1.29 is 131 Å². The van der Waals surface area contributed by atoms with Crippen LogP contribution in [0.25, 0.3) is 0 Å². The van der Waals surface area contributed by atoms with Crippen molar-refractivity contribution in [3.8, 4) is 46.0 Å². The maximum Gasteiger partial charge on any atom is 0.231 e. The lowest BCUT2D eigenvalue weighted by Gasteiger charge is -2.35. The SMILES string of the molecule is [2H]c1c([2H])c(C([2H])([2H])C([2H])([2H])N2CCC[C@@H](OC([2H])(c3ccccc3)c3ccccc3)C2)c([2H])c2c1OC([2H])([2H])O2.[2H]c1c([2H])c(C([2H])([2H])C([2H])([2H])N2CCC[C@@H](OC([2H])(c3ccccc3)c3ccccc3)C2)c([2H])c2c1OCO2.[2H]c1c([2H])c([2H])c(C(O[C@@H]2CCCN(C([2H])([2H])C([2H])([2H])c3c([2H])c([2H])c4c(c3[2H])OC([2H])([2H])O4)C2)c2c([2H])c([2H])c([2H])c([2H])c2[2H])c([2H])c1[2H].[2H]c1c([2H])c([2H])c(C(O[C@@H]2CCCN(C([2H])([2H])C([2H])([2H])c3c([2H])c([2H])c4c(c3[2H])OCO4)C2)c2c([2H])c([2H])c([2H])c([2H])c2[2H])c([2H])c1[2H]. The number of ether oxygens (including phenoxy) is 12. The molecule has 8 aliphatic rings. The molecule has 12 aromatic rings. The van der Waals surface area contributed by atoms with Gasteiger partial charge in [0.05, 0.1) is 71.0 Å². The Morgan fingerprint density at radius 1 is 0.290 bits per heavy atom. The Balaban J connectivity index is 0.000000157. The Morgan fingerprint density at radius 3 is 0.815 bits per heavy atom. The van der Waals surface area contributed by atoms with Gasteiger partial charge in [0.25, 0.3) is 0 Å². The van der Waals surface area contributed by atoms with Crippen LogP contribution in [0.1, 0.15) is 217 Å². The second kappa shape index (κ2) is 43.9. The summed E-state index contributed by atoms with van der Waals surface area (Å²) in [4.78, 5) is 4.58. The van der Waals surface area contributed by atoms with Crippen molar-refractivity contribution in [3.63, 3.8) is 0 Å². The monoisotopic (exact) mass is 1720 g/mol. The third kappa shape index (κ3) is 23.8. The normalized spacial score (nSPS) is 26.6. The van der Waals surface area contributed by atoms with E-state index < -0.39 is 381 Å². The van der Waals surface area contributed by atoms with Gasteiger partial charge in [-0.25, -0.2) is 0 Å². The fourth-order valence-corrected chi connectivity index (χ4v) is 13.9. The molecule has 8 aliphatic heterocycles. The molecule has 0 saturated carbocycles. The zero-order chi connectivity index (χ0) is 131. The number of piperidine rings is 4. The first-order valence-corrected chi connectivity index (χ1v) is 39.9. The van der Waals surface area contributed by atoms with Gasteiger partial charge >= 0.3 is 0 Å². The summed E-state index contributed by atoms with van der Waals surface area (Å²) in [6.45, 7) is -18.3. The van der Waals surface area contributed by atoms with Crippen molar-refractivity contribution in [3.05, 3.63) is 381 Å². The van der Waals surface area contributed by atoms with Gasteiger partial charge in [-0.2, -0.15) is 0 Å². The fourth-order valence-electron chi connectivity index (χ4n) is 13.9. The highest BCUT2D eigenvalue weighted by molar-refractivity contribution is 5.48. The van der Waals surface area contributed by atoms with Crippen LogP contribution in [0, 0.1) is 0 Å². The van der Waals surface area contributed by atoms with E-state index in [9.17, 15) is 2.74 Å². The summed E-state index contributed by atoms with van der Waals surface area (Å²) >= 11 is 0. The number of rotatable bonds is 28. The standard InChI is InChI=1S/4C27H29NO3/c4*1-3-8-22(9-4-1)27(23-10-5-2-6-11-23)31-24-12-7-16-28(19-24)17-15-21-13-14-25-26(18-21)30-20-29-25/h4*1-6,8-11,13-14,18,24,27H,7,12,15-17,19-20H2/t4*24-/m1111/s1/i1D,2D,3D,4D,5D,6D,8D,9D,10D,11D,13D,14D,15D2,17D2,18D,20D2;1D,2D,3D,4D,5D,6D,8D,9D,10D,11D,13D,14D,15D2,17D2,18D;13D,14D,15D2,17D2,18D,20D2,27D;13D,14D,15D2,17D2,18D,27D. The molecule has 0 radical (unpaired) electrons. The van der Waals surface area contributed by atoms with Crippen LogP contribution in [-0.2, 0) is 44.4 Å². The molecule has 124 heavy (non-hydrogen) atoms. The van der Waals surface area contributed by atoms with Crippen LogP contribution in [0.5, 0.6) is 46.0 Å². The largest absolute Gasteiger partial charge is 0.454 e. The third-order valence-electron chi connectivity index (χ3n) is 19.7. The van der Waals surface area contributed by atoms with Gasteiger partial charge in [0.2, 0.25) is 27.1 Å². The van der Waals surface area contributed by atoms with E-state index in [1.54, 1.807) is 48.5 Å². The fraction of sp³-hybridized carbons (Fsp3) is 0.333. The Morgan fingerprint density at radius 2 is 0.532 bits per heavy atom. The number of benzene rings is 12. The minimum Gasteiger partial charge on any atom is -0.454 e. The third-order valence-corrected chi connectivity index (χ3v) is 19.7. The molecule has 8 heterocycles. The quantitative estimate of drug-likeness (QED) is 0.0462. The van der Waals surface area contributed by atoms with Crippen LogP contribution in [0.2, 0.25) is 0 Å². The van der Waals surface area contributed by atoms with E-state index in [1.165, 1.54) is 9.80 Å². The zero-order valence-electron chi connectivity index (χ0n) is 120. The van der Waals surface area contributed by atoms with E-state index >= 15 is 0 Å². The number of hydrogen-bond donors (Lipinski definition) is 0. The molecule has 0 N–H and O–H groups in total. The van der Waals surface area contributed by atoms with Gasteiger partial charge < -0.3 is 76.4 Å². The van der Waals surface area contributed by atoms with Crippen LogP contribution < -0.4 is 37.9 Å². The first-order valence-electron chi connectivity index (χ1n) is 66.9. The molecule has 4 saturated heterocycles. The molecule has 12 aromatic carbocycles. The molecule has 4 atom stereocenters. The molecular formula is C108H116N4O12. The van der Waals surface area contributed by atoms with Crippen molar-refractivity contribution in [1.82, 2.24) is 19.6 Å². The van der Waals surface area contributed by atoms with Crippen LogP contribution >= 0.6 is 0 Å². The van der Waals surface area contributed by atoms with Gasteiger partial charge in [-0.1, -0.05) is 266 Å². The van der Waals surface area contributed by atoms with Crippen LogP contribution in [0.15, 0.2) is 315 Å². The Bertz CT molecular complexity index is 8050. The number of nitrogens with zero attached hydrogens (tertiary/aromatic N) is 4. The highest BCUT2D eigenvalue weighted by Gasteiger charge is 2.32. The van der Waals surface area contributed by atoms with Crippen molar-refractivity contribution in [2.75, 3.05) is 105 Å². The summed E-state index contributed by atoms with van der Waals surface area (Å²) in [6, 6.07) is 12.7. The van der Waals surface area contributed by atoms with Crippen molar-refractivity contribution in [1.29, 1.82) is 0 Å². The predicted molar refractivity (Wildman–Crippen MR) is 486 cm³/mol. The van der Waals surface area contributed by atoms with Gasteiger partial charge in [-0.15, -0.1) is 0 Å². The molecule has 16 nitrogen and oxygen atoms in total. The molecule has 0 amide bonds. The molecule has 640 valence electrons. The maximum absolute atomic E-state index is 9.37. The van der Waals surface area contributed by atoms with E-state index in [0.29, 0.717) is 47.9 Å². The van der Waals surface area contributed by atoms with Crippen molar-refractivity contribution in [2.24, 2.45) is 0 Å². The van der Waals surface area contributed by atoms with Crippen LogP contribution in [0.4, 0.5) is 0 Å². The molecule has 0 spiro atoms. The maximum atomic E-state index is 9.37. The Hall–Kier alpha value is -11.3. The molecule has 0 unspecified atom stereocenters. The zero-order valence-corrected chi connectivity index (χ0v) is 66.4. The smallest absolute Gasteiger partial charge is 0.231 e. The molecule has 0 aromatic heterocycles. The second-order valence-electron chi connectivity index (χ2n) is 28.4. The topological polar surface area (TPSA) is 124 Å². The molecule has 0 bridgehead atoms. The summed E-state index contributed by atoms with van der Waals surface area (Å²) in [6.07, 6.45) is -20.0. The van der Waals surface area contributed by atoms with Crippen molar-refractivity contribution in [2.45, 2.75) is 126 Å². The Labute approximate surface area is 807 Å². The van der Waals surface area contributed by atoms with Gasteiger partial charge in [-0.05, 0) is 218 Å². The first-order chi connectivity index (χ1) is 82.9. The minimum atomic E-state index is -3.23. The summed E-state index contributed by atoms with van der Waals surface area (Å²) in [5.41, 5.74) is -2.62. The number of likely N-dealkylation sites (tertiary alicyclic amines) is 4. The Kier molecular flexibility index (Phi) is 14.9. The molecule has 16 heteroatoms. The second-order valence-corrected chi connectivity index (χ2v) is 28.4. The lowest BCUT2D eigenvalue weighted by molar-refractivity contribution is -0.0331. The van der Waals surface area contributed by atoms with Gasteiger partial charge in [-0.3, -0.25) is 0 Å². The molecule has 4 fully saturated rings. The van der Waals surface area contributed by atoms with Crippen molar-refractivity contribution >= 4 is 0 Å². The highest BCUT2D eigenvalue weighted by atomic mass is 16.7. The average molecular weight is 1720 g/mol. The van der Waals surface area contributed by atoms with E-state index in [1.807, 2.05) is 72.8 Å². The van der Waals surface area contributed by atoms with Crippen LogP contribution in [0.3, 0.4) is 0 Å². The summed E-state index contributed by atoms with van der Waals surface area (Å²) in [5.74, 6) is -3.09. The summed E-state index contributed by atoms with van der Waals surface area (Å²) < 4.78 is 523. The van der Waals surface area contributed by atoms with E-state index in [4.69, 9.17) is 128 Å². The predicted octanol–water partition coefficient (Wildman–Crippen LogP) is 20.9. The van der Waals surface area contributed by atoms with Gasteiger partial charge in [0.15, 0.2) is 46.0 Å². The average Bonchev–Trinajstić information content (AvgIpc) is 1.53. The molecule has 20 rings (SSSR count). The summed E-state index contributed by atoms with van der Waals surface area (Å²) in [5, 5.41) is 0.